The van der Waals surface area contributed by atoms with E-state index in [0.29, 0.717) is 0 Å². The number of hydrogen-bond donors (Lipinski definition) is 0. The molecule has 0 aliphatic heterocycles. The Morgan fingerprint density at radius 2 is 1.94 bits per heavy atom. The minimum atomic E-state index is 0.740. The molecule has 1 aromatic carbocycles. The predicted octanol–water partition coefficient (Wildman–Crippen LogP) is 3.85. The van der Waals surface area contributed by atoms with Crippen LogP contribution in [0.2, 0.25) is 0 Å². The van der Waals surface area contributed by atoms with E-state index in [1.54, 1.807) is 0 Å². The van der Waals surface area contributed by atoms with Crippen molar-refractivity contribution in [1.82, 2.24) is 9.38 Å². The highest BCUT2D eigenvalue weighted by atomic mass is 15.0. The third-order valence-corrected chi connectivity index (χ3v) is 4.79. The van der Waals surface area contributed by atoms with Crippen molar-refractivity contribution in [2.45, 2.75) is 31.1 Å². The molecule has 2 heterocycles. The molecule has 2 aromatic heterocycles. The highest BCUT2D eigenvalue weighted by Gasteiger charge is 2.40. The molecule has 1 saturated carbocycles. The van der Waals surface area contributed by atoms with Gasteiger partial charge in [-0.05, 0) is 30.7 Å². The average molecular weight is 234 g/mol. The first-order valence-corrected chi connectivity index (χ1v) is 6.81. The van der Waals surface area contributed by atoms with Crippen molar-refractivity contribution in [3.63, 3.8) is 0 Å². The summed E-state index contributed by atoms with van der Waals surface area (Å²) in [5, 5.41) is 2.58. The van der Waals surface area contributed by atoms with Crippen LogP contribution in [0.1, 0.15) is 42.5 Å². The zero-order valence-electron chi connectivity index (χ0n) is 10.1. The summed E-state index contributed by atoms with van der Waals surface area (Å²) in [6, 6.07) is 10.8. The van der Waals surface area contributed by atoms with E-state index in [2.05, 4.69) is 40.9 Å². The van der Waals surface area contributed by atoms with Crippen LogP contribution in [-0.4, -0.2) is 9.38 Å². The van der Waals surface area contributed by atoms with Gasteiger partial charge in [0, 0.05) is 29.1 Å². The van der Waals surface area contributed by atoms with Gasteiger partial charge in [0.25, 0.3) is 0 Å². The number of pyridine rings is 1. The van der Waals surface area contributed by atoms with Gasteiger partial charge in [-0.3, -0.25) is 0 Å². The third kappa shape index (κ3) is 0.939. The SMILES string of the molecule is c1ccc2c(c1)ccn1c3c(nc21)C1CCC3C1. The number of hydrogen-bond acceptors (Lipinski definition) is 1. The summed E-state index contributed by atoms with van der Waals surface area (Å²) in [5.41, 5.74) is 4.06. The molecular weight excluding hydrogens is 220 g/mol. The largest absolute Gasteiger partial charge is 0.303 e. The fourth-order valence-corrected chi connectivity index (χ4v) is 3.99. The monoisotopic (exact) mass is 234 g/mol. The van der Waals surface area contributed by atoms with Gasteiger partial charge in [-0.15, -0.1) is 0 Å². The molecular formula is C16H14N2. The van der Waals surface area contributed by atoms with Crippen molar-refractivity contribution in [3.8, 4) is 0 Å². The normalized spacial score (nSPS) is 25.1. The van der Waals surface area contributed by atoms with Crippen LogP contribution in [0.4, 0.5) is 0 Å². The number of benzene rings is 1. The number of aromatic nitrogens is 2. The van der Waals surface area contributed by atoms with Crippen molar-refractivity contribution >= 4 is 16.4 Å². The maximum atomic E-state index is 4.97. The topological polar surface area (TPSA) is 17.3 Å². The van der Waals surface area contributed by atoms with Gasteiger partial charge in [-0.25, -0.2) is 4.98 Å². The Morgan fingerprint density at radius 3 is 2.94 bits per heavy atom. The molecule has 1 fully saturated rings. The van der Waals surface area contributed by atoms with Crippen molar-refractivity contribution in [1.29, 1.82) is 0 Å². The number of fused-ring (bicyclic) bond motifs is 9. The highest BCUT2D eigenvalue weighted by molar-refractivity contribution is 5.94. The smallest absolute Gasteiger partial charge is 0.145 e. The van der Waals surface area contributed by atoms with Gasteiger partial charge in [0.1, 0.15) is 5.65 Å². The Labute approximate surface area is 105 Å². The summed E-state index contributed by atoms with van der Waals surface area (Å²) in [5.74, 6) is 1.50. The molecule has 88 valence electrons. The number of imidazole rings is 1. The molecule has 0 amide bonds. The Kier molecular flexibility index (Phi) is 1.50. The number of rotatable bonds is 0. The lowest BCUT2D eigenvalue weighted by Crippen LogP contribution is -1.99. The van der Waals surface area contributed by atoms with Gasteiger partial charge in [0.05, 0.1) is 5.69 Å². The maximum Gasteiger partial charge on any atom is 0.145 e. The lowest BCUT2D eigenvalue weighted by molar-refractivity contribution is 0.690. The van der Waals surface area contributed by atoms with E-state index >= 15 is 0 Å². The molecule has 5 rings (SSSR count). The molecule has 2 aliphatic carbocycles. The molecule has 0 saturated heterocycles. The quantitative estimate of drug-likeness (QED) is 0.577. The van der Waals surface area contributed by atoms with Gasteiger partial charge in [-0.1, -0.05) is 24.3 Å². The lowest BCUT2D eigenvalue weighted by Gasteiger charge is -2.10. The third-order valence-electron chi connectivity index (χ3n) is 4.79. The molecule has 2 heteroatoms. The molecule has 2 atom stereocenters. The van der Waals surface area contributed by atoms with Crippen LogP contribution >= 0.6 is 0 Å². The van der Waals surface area contributed by atoms with E-state index in [0.717, 1.165) is 17.5 Å². The summed E-state index contributed by atoms with van der Waals surface area (Å²) in [7, 11) is 0. The minimum absolute atomic E-state index is 0.740. The molecule has 3 aromatic rings. The first-order valence-electron chi connectivity index (χ1n) is 6.81. The first kappa shape index (κ1) is 9.15. The molecule has 0 spiro atoms. The van der Waals surface area contributed by atoms with E-state index in [1.165, 1.54) is 41.4 Å². The average Bonchev–Trinajstić information content (AvgIpc) is 3.09. The predicted molar refractivity (Wildman–Crippen MR) is 72.0 cm³/mol. The van der Waals surface area contributed by atoms with E-state index in [-0.39, 0.29) is 0 Å². The van der Waals surface area contributed by atoms with Crippen LogP contribution in [0.25, 0.3) is 16.4 Å². The fraction of sp³-hybridized carbons (Fsp3) is 0.312. The Balaban J connectivity index is 1.97. The Hall–Kier alpha value is -1.83. The minimum Gasteiger partial charge on any atom is -0.303 e. The van der Waals surface area contributed by atoms with Crippen molar-refractivity contribution in [2.24, 2.45) is 0 Å². The summed E-state index contributed by atoms with van der Waals surface area (Å²) in [6.07, 6.45) is 6.26. The molecule has 2 aliphatic rings. The summed E-state index contributed by atoms with van der Waals surface area (Å²) >= 11 is 0. The van der Waals surface area contributed by atoms with E-state index < -0.39 is 0 Å². The lowest BCUT2D eigenvalue weighted by atomic mass is 10.0. The Morgan fingerprint density at radius 1 is 1.06 bits per heavy atom. The van der Waals surface area contributed by atoms with Gasteiger partial charge < -0.3 is 4.40 Å². The van der Waals surface area contributed by atoms with E-state index in [4.69, 9.17) is 4.98 Å². The summed E-state index contributed by atoms with van der Waals surface area (Å²) in [4.78, 5) is 4.97. The molecule has 2 nitrogen and oxygen atoms in total. The van der Waals surface area contributed by atoms with Gasteiger partial charge in [-0.2, -0.15) is 0 Å². The Bertz CT molecular complexity index is 784. The first-order chi connectivity index (χ1) is 8.92. The van der Waals surface area contributed by atoms with E-state index in [1.807, 2.05) is 0 Å². The molecule has 0 radical (unpaired) electrons. The molecule has 0 N–H and O–H groups in total. The van der Waals surface area contributed by atoms with Crippen LogP contribution in [0.5, 0.6) is 0 Å². The number of nitrogens with zero attached hydrogens (tertiary/aromatic N) is 2. The van der Waals surface area contributed by atoms with Crippen molar-refractivity contribution in [3.05, 3.63) is 47.9 Å². The highest BCUT2D eigenvalue weighted by Crippen LogP contribution is 2.52. The van der Waals surface area contributed by atoms with Gasteiger partial charge in [0.2, 0.25) is 0 Å². The van der Waals surface area contributed by atoms with Gasteiger partial charge >= 0.3 is 0 Å². The second-order valence-electron chi connectivity index (χ2n) is 5.69. The van der Waals surface area contributed by atoms with Crippen LogP contribution in [0.3, 0.4) is 0 Å². The summed E-state index contributed by atoms with van der Waals surface area (Å²) in [6.45, 7) is 0. The van der Waals surface area contributed by atoms with Crippen LogP contribution < -0.4 is 0 Å². The van der Waals surface area contributed by atoms with Gasteiger partial charge in [0.15, 0.2) is 0 Å². The van der Waals surface area contributed by atoms with Crippen LogP contribution in [0.15, 0.2) is 36.5 Å². The zero-order chi connectivity index (χ0) is 11.7. The zero-order valence-corrected chi connectivity index (χ0v) is 10.1. The molecule has 2 unspecified atom stereocenters. The second-order valence-corrected chi connectivity index (χ2v) is 5.69. The van der Waals surface area contributed by atoms with Crippen molar-refractivity contribution in [2.75, 3.05) is 0 Å². The van der Waals surface area contributed by atoms with Crippen LogP contribution in [-0.2, 0) is 0 Å². The van der Waals surface area contributed by atoms with Crippen molar-refractivity contribution < 1.29 is 0 Å². The maximum absolute atomic E-state index is 4.97. The summed E-state index contributed by atoms with van der Waals surface area (Å²) < 4.78 is 2.35. The second kappa shape index (κ2) is 2.94. The molecule has 2 bridgehead atoms. The van der Waals surface area contributed by atoms with Crippen LogP contribution in [0, 0.1) is 0 Å². The van der Waals surface area contributed by atoms with E-state index in [9.17, 15) is 0 Å². The standard InChI is InChI=1S/C16H14N2/c1-2-4-13-10(3-1)7-8-18-15-12-6-5-11(9-12)14(15)17-16(13)18/h1-4,7-8,11-12H,5-6,9H2. The fourth-order valence-electron chi connectivity index (χ4n) is 3.99. The molecule has 18 heavy (non-hydrogen) atoms.